The molecule has 0 saturated heterocycles. The molecule has 0 saturated carbocycles. The third-order valence-electron chi connectivity index (χ3n) is 9.46. The first-order chi connectivity index (χ1) is 22.8. The lowest BCUT2D eigenvalue weighted by Gasteiger charge is -2.15. The van der Waals surface area contributed by atoms with Crippen LogP contribution < -0.4 is 0 Å². The van der Waals surface area contributed by atoms with Gasteiger partial charge in [-0.2, -0.15) is 0 Å². The van der Waals surface area contributed by atoms with Gasteiger partial charge in [-0.1, -0.05) is 127 Å². The van der Waals surface area contributed by atoms with Crippen LogP contribution in [0.3, 0.4) is 0 Å². The summed E-state index contributed by atoms with van der Waals surface area (Å²) in [5, 5.41) is 7.38. The molecule has 6 aromatic carbocycles. The minimum atomic E-state index is 0.906. The molecular weight excluding hydrogens is 558 g/mol. The van der Waals surface area contributed by atoms with Crippen LogP contribution in [-0.4, -0.2) is 14.0 Å². The lowest BCUT2D eigenvalue weighted by atomic mass is 10.0. The van der Waals surface area contributed by atoms with Gasteiger partial charge in [-0.05, 0) is 47.5 Å². The highest BCUT2D eigenvalue weighted by Gasteiger charge is 2.21. The van der Waals surface area contributed by atoms with Crippen LogP contribution in [0.2, 0.25) is 0 Å². The normalized spacial score (nSPS) is 11.9. The third kappa shape index (κ3) is 3.57. The molecule has 0 aliphatic rings. The van der Waals surface area contributed by atoms with Gasteiger partial charge < -0.3 is 4.40 Å². The summed E-state index contributed by atoms with van der Waals surface area (Å²) in [4.78, 5) is 5.41. The van der Waals surface area contributed by atoms with Crippen molar-refractivity contribution in [1.29, 1.82) is 0 Å². The summed E-state index contributed by atoms with van der Waals surface area (Å²) >= 11 is 0. The molecule has 214 valence electrons. The molecule has 0 amide bonds. The van der Waals surface area contributed by atoms with Gasteiger partial charge in [-0.15, -0.1) is 0 Å². The number of hydrogen-bond acceptors (Lipinski definition) is 1. The molecule has 46 heavy (non-hydrogen) atoms. The van der Waals surface area contributed by atoms with Crippen LogP contribution in [0.1, 0.15) is 0 Å². The van der Waals surface area contributed by atoms with Gasteiger partial charge in [0.25, 0.3) is 0 Å². The van der Waals surface area contributed by atoms with Crippen LogP contribution >= 0.6 is 0 Å². The van der Waals surface area contributed by atoms with Crippen molar-refractivity contribution in [2.75, 3.05) is 0 Å². The molecule has 0 spiro atoms. The van der Waals surface area contributed by atoms with E-state index in [1.165, 1.54) is 59.9 Å². The van der Waals surface area contributed by atoms with Crippen LogP contribution in [0.25, 0.3) is 88.1 Å². The van der Waals surface area contributed by atoms with E-state index in [1.807, 2.05) is 0 Å². The SMILES string of the molecule is c1ccc(-c2cc(-c3ccccc3)nc(-n3c4ccccc4c4ccc5c(c6ccccc6n6c7ccccc7cc56)c43)c2)cc1. The van der Waals surface area contributed by atoms with Crippen LogP contribution in [-0.2, 0) is 0 Å². The van der Waals surface area contributed by atoms with E-state index >= 15 is 0 Å². The highest BCUT2D eigenvalue weighted by atomic mass is 15.1. The lowest BCUT2D eigenvalue weighted by Crippen LogP contribution is -2.01. The van der Waals surface area contributed by atoms with Crippen molar-refractivity contribution < 1.29 is 0 Å². The van der Waals surface area contributed by atoms with Crippen LogP contribution in [0.15, 0.2) is 164 Å². The van der Waals surface area contributed by atoms with E-state index in [4.69, 9.17) is 4.98 Å². The Labute approximate surface area is 265 Å². The number of hydrogen-bond donors (Lipinski definition) is 0. The molecule has 0 atom stereocenters. The second-order valence-corrected chi connectivity index (χ2v) is 12.0. The second kappa shape index (κ2) is 9.65. The van der Waals surface area contributed by atoms with Crippen molar-refractivity contribution in [3.8, 4) is 28.2 Å². The summed E-state index contributed by atoms with van der Waals surface area (Å²) in [6.07, 6.45) is 0. The summed E-state index contributed by atoms with van der Waals surface area (Å²) in [5.41, 5.74) is 10.3. The topological polar surface area (TPSA) is 22.2 Å². The van der Waals surface area contributed by atoms with Crippen molar-refractivity contribution in [3.05, 3.63) is 164 Å². The van der Waals surface area contributed by atoms with Crippen LogP contribution in [0.5, 0.6) is 0 Å². The number of para-hydroxylation sites is 3. The van der Waals surface area contributed by atoms with Gasteiger partial charge >= 0.3 is 0 Å². The average Bonchev–Trinajstić information content (AvgIpc) is 3.69. The van der Waals surface area contributed by atoms with Crippen molar-refractivity contribution in [2.45, 2.75) is 0 Å². The van der Waals surface area contributed by atoms with Crippen LogP contribution in [0, 0.1) is 0 Å². The van der Waals surface area contributed by atoms with E-state index in [-0.39, 0.29) is 0 Å². The highest BCUT2D eigenvalue weighted by Crippen LogP contribution is 2.42. The Kier molecular flexibility index (Phi) is 5.28. The Bertz CT molecular complexity index is 2730. The first-order valence-corrected chi connectivity index (χ1v) is 15.7. The standard InChI is InChI=1S/C43H27N3/c1-3-13-28(14-4-1)31-25-36(29-15-5-2-6-16-29)44-41(27-31)46-38-21-11-8-18-32(38)33-23-24-35-40-26-30-17-7-10-20-37(30)45(40)39-22-12-9-19-34(39)42(35)43(33)46/h1-27H. The van der Waals surface area contributed by atoms with E-state index < -0.39 is 0 Å². The molecule has 0 aliphatic carbocycles. The molecule has 3 heteroatoms. The quantitative estimate of drug-likeness (QED) is 0.189. The minimum Gasteiger partial charge on any atom is -0.309 e. The zero-order chi connectivity index (χ0) is 30.2. The fourth-order valence-electron chi connectivity index (χ4n) is 7.46. The zero-order valence-corrected chi connectivity index (χ0v) is 24.9. The summed E-state index contributed by atoms with van der Waals surface area (Å²) in [6.45, 7) is 0. The van der Waals surface area contributed by atoms with Gasteiger partial charge in [0, 0.05) is 37.9 Å². The first kappa shape index (κ1) is 25.2. The van der Waals surface area contributed by atoms with E-state index in [1.54, 1.807) is 0 Å². The summed E-state index contributed by atoms with van der Waals surface area (Å²) in [5.74, 6) is 0.906. The maximum Gasteiger partial charge on any atom is 0.138 e. The van der Waals surface area contributed by atoms with Crippen molar-refractivity contribution in [1.82, 2.24) is 14.0 Å². The van der Waals surface area contributed by atoms with E-state index in [0.29, 0.717) is 0 Å². The monoisotopic (exact) mass is 585 g/mol. The van der Waals surface area contributed by atoms with E-state index in [2.05, 4.69) is 173 Å². The Morgan fingerprint density at radius 3 is 1.80 bits per heavy atom. The molecule has 4 heterocycles. The molecule has 0 unspecified atom stereocenters. The smallest absolute Gasteiger partial charge is 0.138 e. The largest absolute Gasteiger partial charge is 0.309 e. The Hall–Kier alpha value is -6.19. The van der Waals surface area contributed by atoms with Gasteiger partial charge in [0.15, 0.2) is 0 Å². The number of fused-ring (bicyclic) bond motifs is 12. The lowest BCUT2D eigenvalue weighted by molar-refractivity contribution is 1.09. The molecule has 3 nitrogen and oxygen atoms in total. The molecule has 0 fully saturated rings. The fourth-order valence-corrected chi connectivity index (χ4v) is 7.46. The maximum atomic E-state index is 5.41. The minimum absolute atomic E-state index is 0.906. The molecule has 10 aromatic rings. The molecular formula is C43H27N3. The van der Waals surface area contributed by atoms with Gasteiger partial charge in [0.05, 0.1) is 33.3 Å². The van der Waals surface area contributed by atoms with Crippen molar-refractivity contribution in [2.24, 2.45) is 0 Å². The zero-order valence-electron chi connectivity index (χ0n) is 24.9. The number of rotatable bonds is 3. The first-order valence-electron chi connectivity index (χ1n) is 15.7. The molecule has 0 N–H and O–H groups in total. The van der Waals surface area contributed by atoms with Gasteiger partial charge in [0.2, 0.25) is 0 Å². The predicted octanol–water partition coefficient (Wildman–Crippen LogP) is 11.2. The summed E-state index contributed by atoms with van der Waals surface area (Å²) in [7, 11) is 0. The molecule has 0 bridgehead atoms. The van der Waals surface area contributed by atoms with Gasteiger partial charge in [-0.25, -0.2) is 4.98 Å². The van der Waals surface area contributed by atoms with Crippen molar-refractivity contribution in [3.63, 3.8) is 0 Å². The molecule has 10 rings (SSSR count). The van der Waals surface area contributed by atoms with Crippen LogP contribution in [0.4, 0.5) is 0 Å². The predicted molar refractivity (Wildman–Crippen MR) is 193 cm³/mol. The highest BCUT2D eigenvalue weighted by molar-refractivity contribution is 6.28. The molecule has 4 aromatic heterocycles. The average molecular weight is 586 g/mol. The van der Waals surface area contributed by atoms with Gasteiger partial charge in [-0.3, -0.25) is 4.57 Å². The number of nitrogens with zero attached hydrogens (tertiary/aromatic N) is 3. The molecule has 0 radical (unpaired) electrons. The number of pyridine rings is 2. The summed E-state index contributed by atoms with van der Waals surface area (Å²) in [6, 6.07) is 58.8. The Morgan fingerprint density at radius 1 is 0.391 bits per heavy atom. The Balaban J connectivity index is 1.42. The number of aromatic nitrogens is 3. The fraction of sp³-hybridized carbons (Fsp3) is 0. The maximum absolute atomic E-state index is 5.41. The Morgan fingerprint density at radius 2 is 1.00 bits per heavy atom. The van der Waals surface area contributed by atoms with E-state index in [0.717, 1.165) is 28.2 Å². The summed E-state index contributed by atoms with van der Waals surface area (Å²) < 4.78 is 4.82. The van der Waals surface area contributed by atoms with Gasteiger partial charge in [0.1, 0.15) is 5.82 Å². The molecule has 0 aliphatic heterocycles. The third-order valence-corrected chi connectivity index (χ3v) is 9.46. The van der Waals surface area contributed by atoms with E-state index in [9.17, 15) is 0 Å². The van der Waals surface area contributed by atoms with Crippen molar-refractivity contribution >= 4 is 59.9 Å². The second-order valence-electron chi connectivity index (χ2n) is 12.0. The number of benzene rings is 6.